The second-order valence-electron chi connectivity index (χ2n) is 4.73. The second-order valence-corrected chi connectivity index (χ2v) is 6.59. The van der Waals surface area contributed by atoms with Crippen LogP contribution in [0, 0.1) is 13.8 Å². The molecule has 2 aromatic rings. The Morgan fingerprint density at radius 2 is 2.10 bits per heavy atom. The van der Waals surface area contributed by atoms with E-state index >= 15 is 0 Å². The number of carbonyl (C=O) groups is 1. The van der Waals surface area contributed by atoms with Crippen LogP contribution in [0.15, 0.2) is 28.1 Å². The zero-order chi connectivity index (χ0) is 14.7. The molecule has 1 aromatic heterocycles. The van der Waals surface area contributed by atoms with Gasteiger partial charge in [-0.2, -0.15) is 0 Å². The number of anilines is 2. The Labute approximate surface area is 131 Å². The van der Waals surface area contributed by atoms with E-state index in [0.29, 0.717) is 6.54 Å². The smallest absolute Gasteiger partial charge is 0.221 e. The van der Waals surface area contributed by atoms with Crippen LogP contribution >= 0.6 is 27.3 Å². The lowest BCUT2D eigenvalue weighted by Crippen LogP contribution is -2.08. The summed E-state index contributed by atoms with van der Waals surface area (Å²) in [5, 5.41) is 8.27. The summed E-state index contributed by atoms with van der Waals surface area (Å²) in [5.74, 6) is -0.0441. The van der Waals surface area contributed by atoms with Crippen molar-refractivity contribution in [3.05, 3.63) is 44.1 Å². The Kier molecular flexibility index (Phi) is 4.83. The van der Waals surface area contributed by atoms with Gasteiger partial charge in [0.2, 0.25) is 5.91 Å². The molecule has 2 N–H and O–H groups in total. The molecule has 0 aliphatic carbocycles. The van der Waals surface area contributed by atoms with E-state index in [4.69, 9.17) is 0 Å². The SMILES string of the molecule is CC(=O)Nc1ccsc1CNc1c(C)cc(C)cc1Br. The number of carbonyl (C=O) groups excluding carboxylic acids is 1. The number of benzene rings is 1. The van der Waals surface area contributed by atoms with Gasteiger partial charge in [-0.1, -0.05) is 6.07 Å². The molecule has 0 aliphatic heterocycles. The van der Waals surface area contributed by atoms with Crippen LogP contribution in [0.1, 0.15) is 22.9 Å². The average molecular weight is 353 g/mol. The summed E-state index contributed by atoms with van der Waals surface area (Å²) in [6, 6.07) is 6.18. The number of halogens is 1. The Bertz CT molecular complexity index is 614. The summed E-state index contributed by atoms with van der Waals surface area (Å²) in [6.07, 6.45) is 0. The Morgan fingerprint density at radius 1 is 1.35 bits per heavy atom. The fourth-order valence-electron chi connectivity index (χ4n) is 2.09. The number of thiophene rings is 1. The van der Waals surface area contributed by atoms with Gasteiger partial charge in [-0.05, 0) is 58.4 Å². The summed E-state index contributed by atoms with van der Waals surface area (Å²) in [6.45, 7) is 6.38. The van der Waals surface area contributed by atoms with Crippen LogP contribution in [0.3, 0.4) is 0 Å². The van der Waals surface area contributed by atoms with Gasteiger partial charge in [0, 0.05) is 16.3 Å². The highest BCUT2D eigenvalue weighted by Gasteiger charge is 2.08. The molecule has 0 radical (unpaired) electrons. The van der Waals surface area contributed by atoms with Gasteiger partial charge in [0.25, 0.3) is 0 Å². The van der Waals surface area contributed by atoms with Crippen molar-refractivity contribution in [2.75, 3.05) is 10.6 Å². The largest absolute Gasteiger partial charge is 0.379 e. The number of amides is 1. The first-order valence-corrected chi connectivity index (χ1v) is 7.99. The number of aryl methyl sites for hydroxylation is 2. The van der Waals surface area contributed by atoms with E-state index in [1.807, 2.05) is 11.4 Å². The molecule has 2 rings (SSSR count). The maximum absolute atomic E-state index is 11.1. The molecule has 0 unspecified atom stereocenters. The van der Waals surface area contributed by atoms with Crippen LogP contribution in [-0.4, -0.2) is 5.91 Å². The molecule has 20 heavy (non-hydrogen) atoms. The number of hydrogen-bond donors (Lipinski definition) is 2. The van der Waals surface area contributed by atoms with Gasteiger partial charge in [-0.25, -0.2) is 0 Å². The highest BCUT2D eigenvalue weighted by atomic mass is 79.9. The number of hydrogen-bond acceptors (Lipinski definition) is 3. The fraction of sp³-hybridized carbons (Fsp3) is 0.267. The van der Waals surface area contributed by atoms with E-state index in [1.54, 1.807) is 11.3 Å². The summed E-state index contributed by atoms with van der Waals surface area (Å²) in [4.78, 5) is 12.3. The molecule has 0 fully saturated rings. The van der Waals surface area contributed by atoms with Gasteiger partial charge in [0.1, 0.15) is 0 Å². The Hall–Kier alpha value is -1.33. The lowest BCUT2D eigenvalue weighted by Gasteiger charge is -2.13. The van der Waals surface area contributed by atoms with Crippen LogP contribution in [0.25, 0.3) is 0 Å². The summed E-state index contributed by atoms with van der Waals surface area (Å²) < 4.78 is 1.06. The van der Waals surface area contributed by atoms with Gasteiger partial charge in [-0.15, -0.1) is 11.3 Å². The van der Waals surface area contributed by atoms with Crippen LogP contribution in [0.2, 0.25) is 0 Å². The number of nitrogens with one attached hydrogen (secondary N) is 2. The maximum Gasteiger partial charge on any atom is 0.221 e. The van der Waals surface area contributed by atoms with Crippen molar-refractivity contribution < 1.29 is 4.79 Å². The molecule has 1 aromatic carbocycles. The van der Waals surface area contributed by atoms with Gasteiger partial charge in [-0.3, -0.25) is 4.79 Å². The van der Waals surface area contributed by atoms with E-state index in [9.17, 15) is 4.79 Å². The van der Waals surface area contributed by atoms with Crippen LogP contribution in [-0.2, 0) is 11.3 Å². The molecule has 0 aliphatic rings. The molecule has 1 amide bonds. The van der Waals surface area contributed by atoms with E-state index in [-0.39, 0.29) is 5.91 Å². The topological polar surface area (TPSA) is 41.1 Å². The molecule has 0 saturated carbocycles. The van der Waals surface area contributed by atoms with Gasteiger partial charge in [0.15, 0.2) is 0 Å². The Morgan fingerprint density at radius 3 is 2.75 bits per heavy atom. The monoisotopic (exact) mass is 352 g/mol. The molecule has 5 heteroatoms. The molecule has 0 bridgehead atoms. The van der Waals surface area contributed by atoms with Crippen LogP contribution < -0.4 is 10.6 Å². The minimum Gasteiger partial charge on any atom is -0.379 e. The zero-order valence-electron chi connectivity index (χ0n) is 11.7. The minimum absolute atomic E-state index is 0.0441. The lowest BCUT2D eigenvalue weighted by atomic mass is 10.1. The molecule has 3 nitrogen and oxygen atoms in total. The molecule has 0 spiro atoms. The van der Waals surface area contributed by atoms with E-state index in [0.717, 1.165) is 20.7 Å². The molecule has 1 heterocycles. The molecule has 0 saturated heterocycles. The second kappa shape index (κ2) is 6.41. The van der Waals surface area contributed by atoms with Gasteiger partial charge >= 0.3 is 0 Å². The normalized spacial score (nSPS) is 10.4. The van der Waals surface area contributed by atoms with Crippen molar-refractivity contribution in [2.24, 2.45) is 0 Å². The third-order valence-corrected chi connectivity index (χ3v) is 4.46. The maximum atomic E-state index is 11.1. The van der Waals surface area contributed by atoms with E-state index < -0.39 is 0 Å². The highest BCUT2D eigenvalue weighted by Crippen LogP contribution is 2.30. The first-order valence-electron chi connectivity index (χ1n) is 6.32. The zero-order valence-corrected chi connectivity index (χ0v) is 14.1. The van der Waals surface area contributed by atoms with E-state index in [1.165, 1.54) is 18.1 Å². The predicted molar refractivity (Wildman–Crippen MR) is 89.6 cm³/mol. The quantitative estimate of drug-likeness (QED) is 0.837. The molecular weight excluding hydrogens is 336 g/mol. The van der Waals surface area contributed by atoms with Gasteiger partial charge < -0.3 is 10.6 Å². The number of rotatable bonds is 4. The van der Waals surface area contributed by atoms with Crippen molar-refractivity contribution in [1.82, 2.24) is 0 Å². The standard InChI is InChI=1S/C15H17BrN2OS/c1-9-6-10(2)15(12(16)7-9)17-8-14-13(4-5-20-14)18-11(3)19/h4-7,17H,8H2,1-3H3,(H,18,19). The summed E-state index contributed by atoms with van der Waals surface area (Å²) in [7, 11) is 0. The average Bonchev–Trinajstić information content (AvgIpc) is 2.74. The van der Waals surface area contributed by atoms with E-state index in [2.05, 4.69) is 52.5 Å². The first-order chi connectivity index (χ1) is 9.47. The lowest BCUT2D eigenvalue weighted by molar-refractivity contribution is -0.114. The van der Waals surface area contributed by atoms with Crippen molar-refractivity contribution >= 4 is 44.5 Å². The van der Waals surface area contributed by atoms with Crippen LogP contribution in [0.5, 0.6) is 0 Å². The van der Waals surface area contributed by atoms with Gasteiger partial charge in [0.05, 0.1) is 17.9 Å². The molecule has 0 atom stereocenters. The van der Waals surface area contributed by atoms with Crippen molar-refractivity contribution in [3.63, 3.8) is 0 Å². The van der Waals surface area contributed by atoms with Crippen molar-refractivity contribution in [1.29, 1.82) is 0 Å². The summed E-state index contributed by atoms with van der Waals surface area (Å²) in [5.41, 5.74) is 4.41. The third kappa shape index (κ3) is 3.61. The minimum atomic E-state index is -0.0441. The van der Waals surface area contributed by atoms with Crippen LogP contribution in [0.4, 0.5) is 11.4 Å². The molecule has 106 valence electrons. The predicted octanol–water partition coefficient (Wildman–Crippen LogP) is 4.70. The summed E-state index contributed by atoms with van der Waals surface area (Å²) >= 11 is 5.23. The van der Waals surface area contributed by atoms with Crippen molar-refractivity contribution in [3.8, 4) is 0 Å². The molecular formula is C15H17BrN2OS. The highest BCUT2D eigenvalue weighted by molar-refractivity contribution is 9.10. The first kappa shape index (κ1) is 15.1. The third-order valence-electron chi connectivity index (χ3n) is 2.91. The Balaban J connectivity index is 2.13. The fourth-order valence-corrected chi connectivity index (χ4v) is 3.67. The van der Waals surface area contributed by atoms with Crippen molar-refractivity contribution in [2.45, 2.75) is 27.3 Å².